The third-order valence-electron chi connectivity index (χ3n) is 5.78. The van der Waals surface area contributed by atoms with E-state index in [4.69, 9.17) is 0 Å². The highest BCUT2D eigenvalue weighted by atomic mass is 19.1. The Morgan fingerprint density at radius 3 is 2.72 bits per heavy atom. The molecule has 1 atom stereocenters. The molecule has 1 fully saturated rings. The summed E-state index contributed by atoms with van der Waals surface area (Å²) in [7, 11) is 2.06. The van der Waals surface area contributed by atoms with Gasteiger partial charge in [0.05, 0.1) is 16.6 Å². The minimum atomic E-state index is -1.29. The highest BCUT2D eigenvalue weighted by Gasteiger charge is 2.24. The molecule has 2 aromatic heterocycles. The molecule has 1 N–H and O–H groups in total. The van der Waals surface area contributed by atoms with E-state index in [1.165, 1.54) is 18.3 Å². The van der Waals surface area contributed by atoms with E-state index in [-0.39, 0.29) is 16.8 Å². The Bertz CT molecular complexity index is 1190. The summed E-state index contributed by atoms with van der Waals surface area (Å²) in [5.74, 6) is -1.66. The molecule has 1 aliphatic heterocycles. The molecule has 1 unspecified atom stereocenters. The Balaban J connectivity index is 1.91. The lowest BCUT2D eigenvalue weighted by Gasteiger charge is -2.39. The molecular formula is C21H23FN4O3. The van der Waals surface area contributed by atoms with E-state index in [1.807, 2.05) is 11.8 Å². The number of piperazine rings is 1. The van der Waals surface area contributed by atoms with Gasteiger partial charge in [-0.1, -0.05) is 0 Å². The van der Waals surface area contributed by atoms with Gasteiger partial charge in [0.2, 0.25) is 5.43 Å². The fourth-order valence-electron chi connectivity index (χ4n) is 3.88. The van der Waals surface area contributed by atoms with Crippen LogP contribution in [-0.2, 0) is 6.54 Å². The predicted octanol–water partition coefficient (Wildman–Crippen LogP) is 2.55. The van der Waals surface area contributed by atoms with Crippen molar-refractivity contribution < 1.29 is 14.3 Å². The molecule has 1 aliphatic rings. The smallest absolute Gasteiger partial charge is 0.341 e. The standard InChI is InChI=1S/C21H23FN4O3/c1-4-25-11-15(21(28)29)19(27)14-7-13-8-16(22)18(9-17(13)23-20(14)25)26-6-5-24(3)12(2)10-26/h7-9,11-12H,4-6,10H2,1-3H3,(H,28,29). The van der Waals surface area contributed by atoms with Gasteiger partial charge in [-0.25, -0.2) is 14.2 Å². The zero-order valence-electron chi connectivity index (χ0n) is 16.6. The zero-order valence-corrected chi connectivity index (χ0v) is 16.6. The molecule has 8 heteroatoms. The Morgan fingerprint density at radius 1 is 1.31 bits per heavy atom. The van der Waals surface area contributed by atoms with Crippen LogP contribution in [0.15, 0.2) is 29.2 Å². The summed E-state index contributed by atoms with van der Waals surface area (Å²) in [5.41, 5.74) is 0.550. The van der Waals surface area contributed by atoms with Gasteiger partial charge >= 0.3 is 5.97 Å². The van der Waals surface area contributed by atoms with Crippen molar-refractivity contribution in [2.24, 2.45) is 0 Å². The number of anilines is 1. The van der Waals surface area contributed by atoms with Crippen LogP contribution in [0.2, 0.25) is 0 Å². The lowest BCUT2D eigenvalue weighted by molar-refractivity contribution is 0.0695. The monoisotopic (exact) mass is 398 g/mol. The van der Waals surface area contributed by atoms with Crippen molar-refractivity contribution in [2.45, 2.75) is 26.4 Å². The van der Waals surface area contributed by atoms with Gasteiger partial charge < -0.3 is 19.5 Å². The molecule has 0 saturated carbocycles. The average molecular weight is 398 g/mol. The average Bonchev–Trinajstić information content (AvgIpc) is 2.69. The van der Waals surface area contributed by atoms with Crippen LogP contribution in [0.4, 0.5) is 10.1 Å². The molecule has 1 aromatic carbocycles. The summed E-state index contributed by atoms with van der Waals surface area (Å²) < 4.78 is 16.6. The van der Waals surface area contributed by atoms with Crippen LogP contribution in [0.1, 0.15) is 24.2 Å². The van der Waals surface area contributed by atoms with Crippen LogP contribution in [0, 0.1) is 5.82 Å². The van der Waals surface area contributed by atoms with Crippen molar-refractivity contribution in [3.05, 3.63) is 46.0 Å². The van der Waals surface area contributed by atoms with Crippen LogP contribution in [0.25, 0.3) is 21.9 Å². The Hall–Kier alpha value is -3.00. The van der Waals surface area contributed by atoms with Gasteiger partial charge in [0.25, 0.3) is 0 Å². The van der Waals surface area contributed by atoms with Gasteiger partial charge in [0, 0.05) is 43.8 Å². The minimum Gasteiger partial charge on any atom is -0.477 e. The number of benzene rings is 1. The van der Waals surface area contributed by atoms with Crippen molar-refractivity contribution in [2.75, 3.05) is 31.6 Å². The number of aromatic nitrogens is 2. The predicted molar refractivity (Wildman–Crippen MR) is 110 cm³/mol. The second kappa shape index (κ2) is 7.11. The number of carboxylic acids is 1. The molecule has 152 valence electrons. The van der Waals surface area contributed by atoms with E-state index in [9.17, 15) is 19.1 Å². The number of aromatic carboxylic acids is 1. The molecule has 0 aliphatic carbocycles. The number of nitrogens with zero attached hydrogens (tertiary/aromatic N) is 4. The quantitative estimate of drug-likeness (QED) is 0.683. The first kappa shape index (κ1) is 19.3. The SMILES string of the molecule is CCn1cc(C(=O)O)c(=O)c2cc3cc(F)c(N4CCN(C)C(C)C4)cc3nc21. The van der Waals surface area contributed by atoms with Gasteiger partial charge in [-0.05, 0) is 39.1 Å². The summed E-state index contributed by atoms with van der Waals surface area (Å²) in [6.45, 7) is 6.70. The lowest BCUT2D eigenvalue weighted by atomic mass is 10.1. The summed E-state index contributed by atoms with van der Waals surface area (Å²) in [6, 6.07) is 4.95. The number of hydrogen-bond donors (Lipinski definition) is 1. The highest BCUT2D eigenvalue weighted by molar-refractivity contribution is 5.96. The molecule has 0 bridgehead atoms. The van der Waals surface area contributed by atoms with Gasteiger partial charge in [-0.2, -0.15) is 0 Å². The van der Waals surface area contributed by atoms with E-state index in [0.717, 1.165) is 13.1 Å². The molecule has 0 spiro atoms. The van der Waals surface area contributed by atoms with Gasteiger partial charge in [-0.3, -0.25) is 4.79 Å². The molecule has 1 saturated heterocycles. The summed E-state index contributed by atoms with van der Waals surface area (Å²) in [5, 5.41) is 9.98. The van der Waals surface area contributed by atoms with Crippen molar-refractivity contribution in [3.8, 4) is 0 Å². The second-order valence-electron chi connectivity index (χ2n) is 7.59. The number of fused-ring (bicyclic) bond motifs is 2. The number of carbonyl (C=O) groups is 1. The molecule has 3 aromatic rings. The van der Waals surface area contributed by atoms with Crippen molar-refractivity contribution >= 4 is 33.6 Å². The maximum absolute atomic E-state index is 14.9. The first-order valence-electron chi connectivity index (χ1n) is 9.66. The highest BCUT2D eigenvalue weighted by Crippen LogP contribution is 2.28. The fourth-order valence-corrected chi connectivity index (χ4v) is 3.88. The van der Waals surface area contributed by atoms with E-state index in [0.29, 0.717) is 41.4 Å². The number of pyridine rings is 2. The van der Waals surface area contributed by atoms with E-state index in [1.54, 1.807) is 10.6 Å². The van der Waals surface area contributed by atoms with E-state index >= 15 is 0 Å². The van der Waals surface area contributed by atoms with Gasteiger partial charge in [0.1, 0.15) is 17.0 Å². The first-order valence-corrected chi connectivity index (χ1v) is 9.66. The van der Waals surface area contributed by atoms with Crippen LogP contribution in [0.3, 0.4) is 0 Å². The van der Waals surface area contributed by atoms with Crippen LogP contribution < -0.4 is 10.3 Å². The Kier molecular flexibility index (Phi) is 4.74. The van der Waals surface area contributed by atoms with Gasteiger partial charge in [0.15, 0.2) is 0 Å². The molecule has 29 heavy (non-hydrogen) atoms. The number of aryl methyl sites for hydroxylation is 1. The molecule has 0 amide bonds. The van der Waals surface area contributed by atoms with Crippen molar-refractivity contribution in [3.63, 3.8) is 0 Å². The maximum atomic E-state index is 14.9. The molecular weight excluding hydrogens is 375 g/mol. The zero-order chi connectivity index (χ0) is 20.9. The van der Waals surface area contributed by atoms with Crippen molar-refractivity contribution in [1.82, 2.24) is 14.5 Å². The van der Waals surface area contributed by atoms with Crippen molar-refractivity contribution in [1.29, 1.82) is 0 Å². The fraction of sp³-hybridized carbons (Fsp3) is 0.381. The van der Waals surface area contributed by atoms with Gasteiger partial charge in [-0.15, -0.1) is 0 Å². The van der Waals surface area contributed by atoms with E-state index < -0.39 is 11.4 Å². The molecule has 0 radical (unpaired) electrons. The van der Waals surface area contributed by atoms with Crippen LogP contribution in [0.5, 0.6) is 0 Å². The molecule has 4 rings (SSSR count). The van der Waals surface area contributed by atoms with E-state index in [2.05, 4.69) is 23.9 Å². The topological polar surface area (TPSA) is 78.7 Å². The second-order valence-corrected chi connectivity index (χ2v) is 7.59. The minimum absolute atomic E-state index is 0.180. The first-order chi connectivity index (χ1) is 13.8. The summed E-state index contributed by atoms with van der Waals surface area (Å²) in [4.78, 5) is 32.9. The molecule has 7 nitrogen and oxygen atoms in total. The number of rotatable bonds is 3. The summed E-state index contributed by atoms with van der Waals surface area (Å²) >= 11 is 0. The van der Waals surface area contributed by atoms with Crippen LogP contribution in [-0.4, -0.2) is 58.3 Å². The number of likely N-dealkylation sites (N-methyl/N-ethyl adjacent to an activating group) is 1. The lowest BCUT2D eigenvalue weighted by Crippen LogP contribution is -2.50. The summed E-state index contributed by atoms with van der Waals surface area (Å²) in [6.07, 6.45) is 1.32. The number of hydrogen-bond acceptors (Lipinski definition) is 5. The molecule has 3 heterocycles. The maximum Gasteiger partial charge on any atom is 0.341 e. The number of carboxylic acid groups (broad SMARTS) is 1. The van der Waals surface area contributed by atoms with Crippen LogP contribution >= 0.6 is 0 Å². The Morgan fingerprint density at radius 2 is 2.07 bits per heavy atom. The largest absolute Gasteiger partial charge is 0.477 e. The third kappa shape index (κ3) is 3.23. The third-order valence-corrected chi connectivity index (χ3v) is 5.78. The number of halogens is 1. The normalized spacial score (nSPS) is 17.9. The Labute approximate surface area is 167 Å².